The summed E-state index contributed by atoms with van der Waals surface area (Å²) in [5.41, 5.74) is 2.05. The van der Waals surface area contributed by atoms with E-state index in [0.717, 1.165) is 11.1 Å². The molecule has 0 spiro atoms. The number of rotatable bonds is 6. The van der Waals surface area contributed by atoms with Gasteiger partial charge in [-0.25, -0.2) is 4.68 Å². The Morgan fingerprint density at radius 3 is 2.97 bits per heavy atom. The van der Waals surface area contributed by atoms with Crippen molar-refractivity contribution in [1.29, 1.82) is 0 Å². The molecule has 1 aliphatic heterocycles. The van der Waals surface area contributed by atoms with Crippen molar-refractivity contribution < 1.29 is 14.1 Å². The van der Waals surface area contributed by atoms with E-state index in [-0.39, 0.29) is 12.0 Å². The van der Waals surface area contributed by atoms with Crippen LogP contribution in [0.2, 0.25) is 0 Å². The van der Waals surface area contributed by atoms with Gasteiger partial charge in [0.15, 0.2) is 5.82 Å². The zero-order chi connectivity index (χ0) is 20.2. The zero-order valence-corrected chi connectivity index (χ0v) is 16.5. The van der Waals surface area contributed by atoms with Gasteiger partial charge in [0.25, 0.3) is 0 Å². The smallest absolute Gasteiger partial charge is 0.226 e. The van der Waals surface area contributed by atoms with Crippen molar-refractivity contribution >= 4 is 5.91 Å². The van der Waals surface area contributed by atoms with Crippen molar-refractivity contribution in [3.63, 3.8) is 0 Å². The van der Waals surface area contributed by atoms with Crippen LogP contribution < -0.4 is 0 Å². The van der Waals surface area contributed by atoms with Gasteiger partial charge in [0, 0.05) is 32.0 Å². The van der Waals surface area contributed by atoms with E-state index < -0.39 is 0 Å². The second-order valence-electron chi connectivity index (χ2n) is 7.04. The van der Waals surface area contributed by atoms with Crippen LogP contribution in [-0.4, -0.2) is 60.9 Å². The Morgan fingerprint density at radius 2 is 2.17 bits per heavy atom. The molecule has 1 atom stereocenters. The van der Waals surface area contributed by atoms with Crippen molar-refractivity contribution in [1.82, 2.24) is 35.2 Å². The highest BCUT2D eigenvalue weighted by atomic mass is 16.5. The Hall–Kier alpha value is -3.14. The van der Waals surface area contributed by atoms with Gasteiger partial charge in [-0.15, -0.1) is 5.10 Å². The van der Waals surface area contributed by atoms with Gasteiger partial charge in [0.05, 0.1) is 13.2 Å². The van der Waals surface area contributed by atoms with E-state index in [2.05, 4.69) is 25.7 Å². The molecule has 0 bridgehead atoms. The maximum absolute atomic E-state index is 12.6. The van der Waals surface area contributed by atoms with Gasteiger partial charge < -0.3 is 14.2 Å². The monoisotopic (exact) mass is 397 g/mol. The predicted molar refractivity (Wildman–Crippen MR) is 101 cm³/mol. The first kappa shape index (κ1) is 19.2. The molecule has 0 N–H and O–H groups in total. The molecule has 29 heavy (non-hydrogen) atoms. The summed E-state index contributed by atoms with van der Waals surface area (Å²) in [7, 11) is 1.76. The lowest BCUT2D eigenvalue weighted by atomic mass is 10.1. The van der Waals surface area contributed by atoms with Crippen molar-refractivity contribution in [2.45, 2.75) is 32.3 Å². The topological polar surface area (TPSA) is 112 Å². The van der Waals surface area contributed by atoms with Crippen LogP contribution in [0.15, 0.2) is 28.8 Å². The third-order valence-corrected chi connectivity index (χ3v) is 5.00. The van der Waals surface area contributed by atoms with Crippen molar-refractivity contribution in [3.05, 3.63) is 41.5 Å². The summed E-state index contributed by atoms with van der Waals surface area (Å²) in [5.74, 6) is 1.82. The molecule has 1 saturated heterocycles. The van der Waals surface area contributed by atoms with Crippen LogP contribution in [0.3, 0.4) is 0 Å². The van der Waals surface area contributed by atoms with Gasteiger partial charge in [-0.05, 0) is 29.3 Å². The summed E-state index contributed by atoms with van der Waals surface area (Å²) >= 11 is 0. The van der Waals surface area contributed by atoms with E-state index in [0.29, 0.717) is 56.5 Å². The normalized spacial score (nSPS) is 16.9. The van der Waals surface area contributed by atoms with Crippen molar-refractivity contribution in [3.8, 4) is 11.4 Å². The Bertz CT molecular complexity index is 984. The number of aromatic nitrogens is 6. The highest BCUT2D eigenvalue weighted by Gasteiger charge is 2.28. The number of benzene rings is 1. The number of hydrogen-bond acceptors (Lipinski definition) is 8. The second-order valence-corrected chi connectivity index (χ2v) is 7.04. The van der Waals surface area contributed by atoms with Crippen LogP contribution in [0.1, 0.15) is 36.2 Å². The maximum atomic E-state index is 12.6. The molecular weight excluding hydrogens is 374 g/mol. The van der Waals surface area contributed by atoms with Crippen LogP contribution in [0.5, 0.6) is 0 Å². The third kappa shape index (κ3) is 4.32. The lowest BCUT2D eigenvalue weighted by molar-refractivity contribution is -0.139. The van der Waals surface area contributed by atoms with E-state index in [1.54, 1.807) is 16.6 Å². The first-order valence-corrected chi connectivity index (χ1v) is 9.62. The Balaban J connectivity index is 1.29. The van der Waals surface area contributed by atoms with Crippen LogP contribution in [0, 0.1) is 6.92 Å². The number of amides is 1. The van der Waals surface area contributed by atoms with Crippen molar-refractivity contribution in [2.75, 3.05) is 19.7 Å². The molecule has 0 aliphatic carbocycles. The minimum atomic E-state index is -0.305. The minimum Gasteiger partial charge on any atom is -0.366 e. The number of morpholine rings is 1. The average Bonchev–Trinajstić information content (AvgIpc) is 3.37. The molecule has 3 aromatic rings. The fourth-order valence-corrected chi connectivity index (χ4v) is 3.38. The number of carbonyl (C=O) groups excluding carboxylic acids is 1. The molecule has 4 rings (SSSR count). The molecule has 0 saturated carbocycles. The fraction of sp³-hybridized carbons (Fsp3) is 0.474. The third-order valence-electron chi connectivity index (χ3n) is 5.00. The van der Waals surface area contributed by atoms with E-state index in [4.69, 9.17) is 9.26 Å². The van der Waals surface area contributed by atoms with Gasteiger partial charge in [-0.3, -0.25) is 4.79 Å². The van der Waals surface area contributed by atoms with Gasteiger partial charge in [0.1, 0.15) is 6.10 Å². The SMILES string of the molecule is Cc1ccccc1-c1noc(CCCC(=O)N2CCOC(c3nnnn3C)C2)n1. The molecule has 2 aromatic heterocycles. The van der Waals surface area contributed by atoms with Gasteiger partial charge in [-0.2, -0.15) is 4.98 Å². The molecular formula is C19H23N7O3. The van der Waals surface area contributed by atoms with Crippen LogP contribution >= 0.6 is 0 Å². The van der Waals surface area contributed by atoms with E-state index in [1.807, 2.05) is 31.2 Å². The molecule has 10 heteroatoms. The molecule has 3 heterocycles. The van der Waals surface area contributed by atoms with Crippen LogP contribution in [0.25, 0.3) is 11.4 Å². The second kappa shape index (κ2) is 8.48. The quantitative estimate of drug-likeness (QED) is 0.615. The summed E-state index contributed by atoms with van der Waals surface area (Å²) in [6.07, 6.45) is 1.31. The summed E-state index contributed by atoms with van der Waals surface area (Å²) in [4.78, 5) is 18.9. The summed E-state index contributed by atoms with van der Waals surface area (Å²) in [6.45, 7) is 3.49. The van der Waals surface area contributed by atoms with E-state index in [1.165, 1.54) is 0 Å². The van der Waals surface area contributed by atoms with Crippen LogP contribution in [0.4, 0.5) is 0 Å². The molecule has 1 amide bonds. The lowest BCUT2D eigenvalue weighted by Crippen LogP contribution is -2.42. The summed E-state index contributed by atoms with van der Waals surface area (Å²) in [5, 5.41) is 15.5. The molecule has 1 aliphatic rings. The number of hydrogen-bond donors (Lipinski definition) is 0. The standard InChI is InChI=1S/C19H23N7O3/c1-13-6-3-4-7-14(13)18-20-16(29-22-18)8-5-9-17(27)26-10-11-28-15(12-26)19-21-23-24-25(19)2/h3-4,6-7,15H,5,8-12H2,1-2H3. The largest absolute Gasteiger partial charge is 0.366 e. The van der Waals surface area contributed by atoms with Crippen LogP contribution in [-0.2, 0) is 23.0 Å². The van der Waals surface area contributed by atoms with Gasteiger partial charge in [-0.1, -0.05) is 29.4 Å². The maximum Gasteiger partial charge on any atom is 0.226 e. The Morgan fingerprint density at radius 1 is 1.31 bits per heavy atom. The highest BCUT2D eigenvalue weighted by molar-refractivity contribution is 5.76. The van der Waals surface area contributed by atoms with Crippen molar-refractivity contribution in [2.24, 2.45) is 7.05 Å². The molecule has 1 aromatic carbocycles. The number of carbonyl (C=O) groups is 1. The first-order valence-electron chi connectivity index (χ1n) is 9.62. The predicted octanol–water partition coefficient (Wildman–Crippen LogP) is 1.49. The Kier molecular flexibility index (Phi) is 5.61. The lowest BCUT2D eigenvalue weighted by Gasteiger charge is -2.32. The molecule has 1 fully saturated rings. The molecule has 0 radical (unpaired) electrons. The Labute approximate surface area is 167 Å². The molecule has 10 nitrogen and oxygen atoms in total. The number of tetrazole rings is 1. The minimum absolute atomic E-state index is 0.0760. The molecule has 1 unspecified atom stereocenters. The molecule has 152 valence electrons. The number of nitrogens with zero attached hydrogens (tertiary/aromatic N) is 7. The van der Waals surface area contributed by atoms with Gasteiger partial charge in [0.2, 0.25) is 17.6 Å². The summed E-state index contributed by atoms with van der Waals surface area (Å²) < 4.78 is 12.6. The van der Waals surface area contributed by atoms with Gasteiger partial charge >= 0.3 is 0 Å². The number of aryl methyl sites for hydroxylation is 3. The van der Waals surface area contributed by atoms with E-state index in [9.17, 15) is 4.79 Å². The highest BCUT2D eigenvalue weighted by Crippen LogP contribution is 2.22. The average molecular weight is 397 g/mol. The number of ether oxygens (including phenoxy) is 1. The zero-order valence-electron chi connectivity index (χ0n) is 16.5. The summed E-state index contributed by atoms with van der Waals surface area (Å²) in [6, 6.07) is 7.90. The fourth-order valence-electron chi connectivity index (χ4n) is 3.38. The first-order chi connectivity index (χ1) is 14.1. The van der Waals surface area contributed by atoms with E-state index >= 15 is 0 Å².